The topological polar surface area (TPSA) is 319 Å². The van der Waals surface area contributed by atoms with Gasteiger partial charge in [-0.25, -0.2) is 36.0 Å². The molecule has 0 fully saturated rings. The molecule has 0 spiro atoms. The zero-order chi connectivity index (χ0) is 64.8. The van der Waals surface area contributed by atoms with Gasteiger partial charge < -0.3 is 46.0 Å². The number of carbonyl (C=O) groups is 5. The predicted octanol–water partition coefficient (Wildman–Crippen LogP) is 9.65. The Bertz CT molecular complexity index is 4240. The van der Waals surface area contributed by atoms with E-state index < -0.39 is 68.5 Å². The number of sulfone groups is 1. The lowest BCUT2D eigenvalue weighted by Gasteiger charge is -2.18. The average molecular weight is 1270 g/mol. The second kappa shape index (κ2) is 29.2. The second-order valence-corrected chi connectivity index (χ2v) is 24.5. The number of benzene rings is 7. The monoisotopic (exact) mass is 1270 g/mol. The average Bonchev–Trinajstić information content (AvgIpc) is 1.68. The number of hydrogen-bond acceptors (Lipinski definition) is 12. The molecule has 0 aliphatic heterocycles. The number of para-hydroxylation sites is 2. The van der Waals surface area contributed by atoms with Crippen LogP contribution in [0, 0.1) is 0 Å². The van der Waals surface area contributed by atoms with Gasteiger partial charge in [0.15, 0.2) is 9.84 Å². The summed E-state index contributed by atoms with van der Waals surface area (Å²) in [4.78, 5) is 67.6. The Morgan fingerprint density at radius 2 is 1.02 bits per heavy atom. The SMILES string of the molecule is CS(=O)(=O)NC(N)=NCCc1ccccc1.CS(=O)(=O)c1[nH]c2ccccc2c1CC(NC(=O)OCC1c2ccccc2-c2ccccc21)C(=O)O.O=C(NC(Cc1c[nH]c2ccccc12)C(=O)O)OCC1c2ccccc2-c2ccccc21.O=CC(F)(F)F. The van der Waals surface area contributed by atoms with Crippen molar-refractivity contribution in [1.29, 1.82) is 0 Å². The van der Waals surface area contributed by atoms with E-state index in [1.54, 1.807) is 30.5 Å². The van der Waals surface area contributed by atoms with Crippen LogP contribution >= 0.6 is 0 Å². The molecule has 0 saturated carbocycles. The van der Waals surface area contributed by atoms with Gasteiger partial charge in [0.1, 0.15) is 30.3 Å². The highest BCUT2D eigenvalue weighted by Gasteiger charge is 2.33. The number of halogens is 3. The van der Waals surface area contributed by atoms with Crippen LogP contribution in [-0.4, -0.2) is 124 Å². The fourth-order valence-electron chi connectivity index (χ4n) is 10.6. The number of H-pyrrole nitrogens is 2. The number of fused-ring (bicyclic) bond motifs is 8. The van der Waals surface area contributed by atoms with E-state index >= 15 is 0 Å². The molecule has 11 rings (SSSR count). The molecule has 9 aromatic rings. The molecule has 2 heterocycles. The highest BCUT2D eigenvalue weighted by molar-refractivity contribution is 7.90. The normalized spacial score (nSPS) is 13.2. The molecule has 0 bridgehead atoms. The van der Waals surface area contributed by atoms with Gasteiger partial charge in [-0.1, -0.05) is 164 Å². The fourth-order valence-corrected chi connectivity index (χ4v) is 11.9. The molecule has 7 aromatic carbocycles. The van der Waals surface area contributed by atoms with Crippen LogP contribution in [0.5, 0.6) is 0 Å². The van der Waals surface area contributed by atoms with Crippen molar-refractivity contribution < 1.29 is 73.7 Å². The number of sulfonamides is 1. The van der Waals surface area contributed by atoms with E-state index in [1.165, 1.54) is 0 Å². The number of nitrogens with two attached hydrogens (primary N) is 1. The summed E-state index contributed by atoms with van der Waals surface area (Å²) in [5.74, 6) is -2.72. The summed E-state index contributed by atoms with van der Waals surface area (Å²) in [5, 5.41) is 25.8. The number of aldehydes is 1. The zero-order valence-corrected chi connectivity index (χ0v) is 49.9. The second-order valence-electron chi connectivity index (χ2n) is 20.8. The largest absolute Gasteiger partial charge is 0.480 e. The molecule has 468 valence electrons. The highest BCUT2D eigenvalue weighted by Crippen LogP contribution is 2.46. The third-order valence-electron chi connectivity index (χ3n) is 14.5. The maximum absolute atomic E-state index is 12.7. The first-order valence-corrected chi connectivity index (χ1v) is 31.5. The summed E-state index contributed by atoms with van der Waals surface area (Å²) in [7, 11) is -6.99. The van der Waals surface area contributed by atoms with Crippen molar-refractivity contribution in [2.24, 2.45) is 10.7 Å². The summed E-state index contributed by atoms with van der Waals surface area (Å²) in [6, 6.07) is 53.8. The van der Waals surface area contributed by atoms with Crippen LogP contribution < -0.4 is 21.1 Å². The molecule has 20 nitrogen and oxygen atoms in total. The summed E-state index contributed by atoms with van der Waals surface area (Å²) in [6.07, 6.45) is -2.80. The molecule has 25 heteroatoms. The number of aromatic amines is 2. The summed E-state index contributed by atoms with van der Waals surface area (Å²) in [5.41, 5.74) is 17.9. The van der Waals surface area contributed by atoms with E-state index in [2.05, 4.69) is 42.4 Å². The number of carboxylic acids is 2. The molecule has 2 aliphatic carbocycles. The van der Waals surface area contributed by atoms with Gasteiger partial charge in [0.2, 0.25) is 22.3 Å². The molecule has 9 N–H and O–H groups in total. The third kappa shape index (κ3) is 17.3. The number of rotatable bonds is 17. The standard InChI is InChI=1S/C27H24N2O6S.C26H22N2O4.C10H15N3O2S.C2HF3O/c1-36(33,34)25-21(20-12-6-7-13-23(20)28-25)14-24(26(30)31)29-27(32)35-15-22-18-10-4-2-8-16(18)17-9-3-5-11-19(17)22;29-25(30)24(13-16-14-27-23-12-6-5-7-17(16)23)28-26(31)32-15-22-20-10-3-1-8-18(20)19-9-2-4-11-21(19)22;1-16(14,15)13-10(11)12-8-7-9-5-3-2-4-6-9;3-2(4,5)1-6/h2-13,22,24,28H,14-15H2,1H3,(H,29,32)(H,30,31);1-12,14,22,24,27H,13,15H2,(H,28,31)(H,29,30);2-6H,7-8H2,1H3,(H3,11,12,13);1H. The van der Waals surface area contributed by atoms with E-state index in [4.69, 9.17) is 20.0 Å². The Hall–Kier alpha value is -10.3. The molecule has 2 atom stereocenters. The molecule has 2 aliphatic rings. The van der Waals surface area contributed by atoms with Crippen LogP contribution in [0.3, 0.4) is 0 Å². The number of nitrogens with zero attached hydrogens (tertiary/aromatic N) is 1. The van der Waals surface area contributed by atoms with Gasteiger partial charge in [0.25, 0.3) is 0 Å². The minimum absolute atomic E-state index is 0.0356. The number of aliphatic imine (C=N–C) groups is 1. The highest BCUT2D eigenvalue weighted by atomic mass is 32.2. The van der Waals surface area contributed by atoms with Crippen LogP contribution in [0.4, 0.5) is 22.8 Å². The van der Waals surface area contributed by atoms with Crippen LogP contribution in [-0.2, 0) is 63.0 Å². The van der Waals surface area contributed by atoms with Gasteiger partial charge in [0, 0.05) is 65.5 Å². The first kappa shape index (κ1) is 65.7. The van der Waals surface area contributed by atoms with E-state index in [-0.39, 0.29) is 48.9 Å². The zero-order valence-electron chi connectivity index (χ0n) is 48.3. The lowest BCUT2D eigenvalue weighted by Crippen LogP contribution is -2.43. The van der Waals surface area contributed by atoms with Gasteiger partial charge in [-0.2, -0.15) is 13.2 Å². The maximum Gasteiger partial charge on any atom is 0.446 e. The number of ether oxygens (including phenoxy) is 2. The van der Waals surface area contributed by atoms with Gasteiger partial charge >= 0.3 is 30.3 Å². The number of hydrogen-bond donors (Lipinski definition) is 8. The third-order valence-corrected chi connectivity index (χ3v) is 16.1. The number of carboxylic acid groups (broad SMARTS) is 2. The van der Waals surface area contributed by atoms with Crippen molar-refractivity contribution in [3.63, 3.8) is 0 Å². The van der Waals surface area contributed by atoms with Crippen LogP contribution in [0.25, 0.3) is 44.1 Å². The lowest BCUT2D eigenvalue weighted by molar-refractivity contribution is -0.156. The molecule has 90 heavy (non-hydrogen) atoms. The Morgan fingerprint density at radius 1 is 0.611 bits per heavy atom. The van der Waals surface area contributed by atoms with Crippen molar-refractivity contribution in [3.05, 3.63) is 221 Å². The maximum atomic E-state index is 12.7. The fraction of sp³-hybridized carbons (Fsp3) is 0.200. The number of amides is 2. The van der Waals surface area contributed by atoms with Crippen LogP contribution in [0.2, 0.25) is 0 Å². The number of alkyl halides is 3. The predicted molar refractivity (Wildman–Crippen MR) is 333 cm³/mol. The molecule has 0 saturated heterocycles. The van der Waals surface area contributed by atoms with Gasteiger partial charge in [-0.15, -0.1) is 0 Å². The molecule has 2 amide bonds. The Balaban J connectivity index is 0.000000176. The van der Waals surface area contributed by atoms with Gasteiger partial charge in [0.05, 0.1) is 6.26 Å². The first-order chi connectivity index (χ1) is 42.9. The van der Waals surface area contributed by atoms with Gasteiger partial charge in [-0.3, -0.25) is 14.5 Å². The molecule has 0 radical (unpaired) electrons. The number of guanidine groups is 1. The van der Waals surface area contributed by atoms with Crippen molar-refractivity contribution in [2.75, 3.05) is 32.3 Å². The van der Waals surface area contributed by atoms with Crippen molar-refractivity contribution in [2.45, 2.75) is 54.4 Å². The number of alkyl carbamates (subject to hydrolysis) is 2. The first-order valence-electron chi connectivity index (χ1n) is 27.8. The van der Waals surface area contributed by atoms with Crippen molar-refractivity contribution in [3.8, 4) is 22.3 Å². The Kier molecular flexibility index (Phi) is 21.3. The minimum Gasteiger partial charge on any atom is -0.480 e. The number of carbonyl (C=O) groups excluding carboxylic acids is 3. The summed E-state index contributed by atoms with van der Waals surface area (Å²) in [6.45, 7) is 0.630. The minimum atomic E-state index is -4.64. The molecule has 2 unspecified atom stereocenters. The van der Waals surface area contributed by atoms with E-state index in [9.17, 15) is 59.4 Å². The lowest BCUT2D eigenvalue weighted by atomic mass is 9.98. The molecular formula is C65H62F3N7O13S2. The van der Waals surface area contributed by atoms with E-state index in [0.29, 0.717) is 23.0 Å². The molecular weight excluding hydrogens is 1210 g/mol. The van der Waals surface area contributed by atoms with Crippen LogP contribution in [0.1, 0.15) is 50.8 Å². The number of nitrogens with one attached hydrogen (secondary N) is 5. The smallest absolute Gasteiger partial charge is 0.446 e. The van der Waals surface area contributed by atoms with E-state index in [1.807, 2.05) is 140 Å². The summed E-state index contributed by atoms with van der Waals surface area (Å²) < 4.78 is 90.7. The summed E-state index contributed by atoms with van der Waals surface area (Å²) >= 11 is 0. The van der Waals surface area contributed by atoms with Crippen molar-refractivity contribution >= 4 is 78.0 Å². The van der Waals surface area contributed by atoms with E-state index in [0.717, 1.165) is 85.5 Å². The molecule has 2 aromatic heterocycles. The Morgan fingerprint density at radius 3 is 1.47 bits per heavy atom. The number of aromatic nitrogens is 2. The quantitative estimate of drug-likeness (QED) is 0.0239. The Labute approximate surface area is 515 Å². The number of aliphatic carboxylic acids is 2. The van der Waals surface area contributed by atoms with Crippen molar-refractivity contribution in [1.82, 2.24) is 25.3 Å². The van der Waals surface area contributed by atoms with Crippen LogP contribution in [0.15, 0.2) is 192 Å². The van der Waals surface area contributed by atoms with Gasteiger partial charge in [-0.05, 0) is 79.8 Å².